The summed E-state index contributed by atoms with van der Waals surface area (Å²) in [6, 6.07) is 5.35. The zero-order valence-electron chi connectivity index (χ0n) is 9.99. The van der Waals surface area contributed by atoms with Gasteiger partial charge in [0, 0.05) is 18.9 Å². The van der Waals surface area contributed by atoms with Crippen LogP contribution in [0.2, 0.25) is 0 Å². The van der Waals surface area contributed by atoms with Crippen molar-refractivity contribution in [1.82, 2.24) is 9.78 Å². The second kappa shape index (κ2) is 4.81. The molecule has 0 aliphatic heterocycles. The normalized spacial score (nSPS) is 10.2. The first-order valence-electron chi connectivity index (χ1n) is 5.34. The van der Waals surface area contributed by atoms with E-state index in [1.54, 1.807) is 7.05 Å². The number of aryl methyl sites for hydroxylation is 1. The lowest BCUT2D eigenvalue weighted by molar-refractivity contribution is 0.0693. The SMILES string of the molecule is Cn1nccc1C(=O)Nc1ccc(O)c(C(=O)O)c1. The third-order valence-corrected chi connectivity index (χ3v) is 2.54. The number of nitrogens with one attached hydrogen (secondary N) is 1. The van der Waals surface area contributed by atoms with E-state index in [4.69, 9.17) is 5.11 Å². The molecule has 98 valence electrons. The molecule has 0 saturated carbocycles. The van der Waals surface area contributed by atoms with E-state index in [0.717, 1.165) is 0 Å². The van der Waals surface area contributed by atoms with E-state index in [-0.39, 0.29) is 17.0 Å². The number of anilines is 1. The first kappa shape index (κ1) is 12.6. The zero-order chi connectivity index (χ0) is 14.0. The van der Waals surface area contributed by atoms with E-state index in [1.807, 2.05) is 0 Å². The number of carboxylic acid groups (broad SMARTS) is 1. The number of aromatic hydroxyl groups is 1. The van der Waals surface area contributed by atoms with Crippen LogP contribution in [-0.4, -0.2) is 31.9 Å². The molecule has 1 aromatic carbocycles. The summed E-state index contributed by atoms with van der Waals surface area (Å²) < 4.78 is 1.40. The lowest BCUT2D eigenvalue weighted by Gasteiger charge is -2.07. The molecular formula is C12H11N3O4. The van der Waals surface area contributed by atoms with Crippen molar-refractivity contribution in [3.05, 3.63) is 41.7 Å². The van der Waals surface area contributed by atoms with Gasteiger partial charge in [-0.2, -0.15) is 5.10 Å². The molecule has 7 nitrogen and oxygen atoms in total. The Kier molecular flexibility index (Phi) is 3.19. The Morgan fingerprint density at radius 2 is 2.05 bits per heavy atom. The monoisotopic (exact) mass is 261 g/mol. The Morgan fingerprint density at radius 1 is 1.32 bits per heavy atom. The fourth-order valence-corrected chi connectivity index (χ4v) is 1.58. The van der Waals surface area contributed by atoms with Crippen LogP contribution < -0.4 is 5.32 Å². The number of hydrogen-bond acceptors (Lipinski definition) is 4. The molecule has 7 heteroatoms. The molecule has 1 aromatic heterocycles. The third-order valence-electron chi connectivity index (χ3n) is 2.54. The number of hydrogen-bond donors (Lipinski definition) is 3. The number of carbonyl (C=O) groups is 2. The Labute approximate surface area is 108 Å². The first-order chi connectivity index (χ1) is 8.99. The van der Waals surface area contributed by atoms with Crippen LogP contribution in [0.25, 0.3) is 0 Å². The van der Waals surface area contributed by atoms with Gasteiger partial charge in [0.05, 0.1) is 0 Å². The molecule has 2 aromatic rings. The molecule has 0 fully saturated rings. The van der Waals surface area contributed by atoms with Gasteiger partial charge in [-0.05, 0) is 24.3 Å². The third kappa shape index (κ3) is 2.54. The Bertz CT molecular complexity index is 648. The highest BCUT2D eigenvalue weighted by Gasteiger charge is 2.13. The van der Waals surface area contributed by atoms with E-state index < -0.39 is 11.9 Å². The van der Waals surface area contributed by atoms with Crippen LogP contribution in [0.5, 0.6) is 5.75 Å². The highest BCUT2D eigenvalue weighted by atomic mass is 16.4. The Morgan fingerprint density at radius 3 is 2.63 bits per heavy atom. The van der Waals surface area contributed by atoms with Crippen molar-refractivity contribution in [3.8, 4) is 5.75 Å². The maximum atomic E-state index is 11.9. The summed E-state index contributed by atoms with van der Waals surface area (Å²) in [5.41, 5.74) is 0.342. The first-order valence-corrected chi connectivity index (χ1v) is 5.34. The predicted octanol–water partition coefficient (Wildman–Crippen LogP) is 1.08. The second-order valence-electron chi connectivity index (χ2n) is 3.83. The van der Waals surface area contributed by atoms with Crippen molar-refractivity contribution < 1.29 is 19.8 Å². The predicted molar refractivity (Wildman–Crippen MR) is 66.2 cm³/mol. The molecule has 0 spiro atoms. The fraction of sp³-hybridized carbons (Fsp3) is 0.0833. The average Bonchev–Trinajstić information content (AvgIpc) is 2.77. The lowest BCUT2D eigenvalue weighted by Crippen LogP contribution is -2.16. The molecule has 0 aliphatic rings. The van der Waals surface area contributed by atoms with Crippen LogP contribution in [0.15, 0.2) is 30.5 Å². The molecule has 0 bridgehead atoms. The van der Waals surface area contributed by atoms with Gasteiger partial charge in [-0.3, -0.25) is 9.48 Å². The van der Waals surface area contributed by atoms with Crippen molar-refractivity contribution in [3.63, 3.8) is 0 Å². The number of carbonyl (C=O) groups excluding carboxylic acids is 1. The molecule has 3 N–H and O–H groups in total. The van der Waals surface area contributed by atoms with Gasteiger partial charge in [-0.1, -0.05) is 0 Å². The van der Waals surface area contributed by atoms with E-state index in [9.17, 15) is 14.7 Å². The number of nitrogens with zero attached hydrogens (tertiary/aromatic N) is 2. The van der Waals surface area contributed by atoms with Gasteiger partial charge in [0.15, 0.2) is 0 Å². The van der Waals surface area contributed by atoms with Gasteiger partial charge in [0.25, 0.3) is 5.91 Å². The fourth-order valence-electron chi connectivity index (χ4n) is 1.58. The summed E-state index contributed by atoms with van der Waals surface area (Å²) >= 11 is 0. The smallest absolute Gasteiger partial charge is 0.339 e. The molecule has 0 atom stereocenters. The number of benzene rings is 1. The number of amides is 1. The molecule has 0 radical (unpaired) electrons. The van der Waals surface area contributed by atoms with Gasteiger partial charge in [0.1, 0.15) is 17.0 Å². The van der Waals surface area contributed by atoms with Crippen LogP contribution in [-0.2, 0) is 7.05 Å². The largest absolute Gasteiger partial charge is 0.507 e. The quantitative estimate of drug-likeness (QED) is 0.717. The van der Waals surface area contributed by atoms with Gasteiger partial charge >= 0.3 is 5.97 Å². The maximum absolute atomic E-state index is 11.9. The molecule has 0 aliphatic carbocycles. The second-order valence-corrected chi connectivity index (χ2v) is 3.83. The number of aromatic carboxylic acids is 1. The van der Waals surface area contributed by atoms with E-state index >= 15 is 0 Å². The Hall–Kier alpha value is -2.83. The molecule has 0 unspecified atom stereocenters. The lowest BCUT2D eigenvalue weighted by atomic mass is 10.1. The summed E-state index contributed by atoms with van der Waals surface area (Å²) in [7, 11) is 1.62. The van der Waals surface area contributed by atoms with E-state index in [2.05, 4.69) is 10.4 Å². The summed E-state index contributed by atoms with van der Waals surface area (Å²) in [6.07, 6.45) is 1.48. The van der Waals surface area contributed by atoms with Gasteiger partial charge in [-0.15, -0.1) is 0 Å². The van der Waals surface area contributed by atoms with Crippen molar-refractivity contribution in [1.29, 1.82) is 0 Å². The summed E-state index contributed by atoms with van der Waals surface area (Å²) in [5.74, 6) is -2.04. The van der Waals surface area contributed by atoms with Gasteiger partial charge in [-0.25, -0.2) is 4.79 Å². The molecule has 19 heavy (non-hydrogen) atoms. The van der Waals surface area contributed by atoms with Crippen molar-refractivity contribution in [2.45, 2.75) is 0 Å². The Balaban J connectivity index is 2.25. The van der Waals surface area contributed by atoms with Crippen molar-refractivity contribution in [2.75, 3.05) is 5.32 Å². The number of aromatic nitrogens is 2. The minimum Gasteiger partial charge on any atom is -0.507 e. The standard InChI is InChI=1S/C12H11N3O4/c1-15-9(4-5-13-15)11(17)14-7-2-3-10(16)8(6-7)12(18)19/h2-6,16H,1H3,(H,14,17)(H,18,19). The molecule has 1 heterocycles. The highest BCUT2D eigenvalue weighted by molar-refractivity contribution is 6.03. The van der Waals surface area contributed by atoms with Crippen LogP contribution in [0, 0.1) is 0 Å². The van der Waals surface area contributed by atoms with Crippen molar-refractivity contribution >= 4 is 17.6 Å². The van der Waals surface area contributed by atoms with Crippen LogP contribution in [0.1, 0.15) is 20.8 Å². The van der Waals surface area contributed by atoms with Crippen molar-refractivity contribution in [2.24, 2.45) is 7.05 Å². The average molecular weight is 261 g/mol. The summed E-state index contributed by atoms with van der Waals surface area (Å²) in [4.78, 5) is 22.7. The number of phenols is 1. The minimum atomic E-state index is -1.27. The van der Waals surface area contributed by atoms with Crippen LogP contribution >= 0.6 is 0 Å². The summed E-state index contributed by atoms with van der Waals surface area (Å²) in [6.45, 7) is 0. The summed E-state index contributed by atoms with van der Waals surface area (Å²) in [5, 5.41) is 24.6. The van der Waals surface area contributed by atoms with E-state index in [0.29, 0.717) is 5.69 Å². The molecule has 2 rings (SSSR count). The van der Waals surface area contributed by atoms with Gasteiger partial charge < -0.3 is 15.5 Å². The minimum absolute atomic E-state index is 0.275. The van der Waals surface area contributed by atoms with Crippen LogP contribution in [0.4, 0.5) is 5.69 Å². The van der Waals surface area contributed by atoms with E-state index in [1.165, 1.54) is 35.1 Å². The number of carboxylic acids is 1. The van der Waals surface area contributed by atoms with Crippen LogP contribution in [0.3, 0.4) is 0 Å². The maximum Gasteiger partial charge on any atom is 0.339 e. The molecule has 0 saturated heterocycles. The molecule has 1 amide bonds. The zero-order valence-corrected chi connectivity index (χ0v) is 9.99. The van der Waals surface area contributed by atoms with Gasteiger partial charge in [0.2, 0.25) is 0 Å². The number of rotatable bonds is 3. The molecular weight excluding hydrogens is 250 g/mol. The highest BCUT2D eigenvalue weighted by Crippen LogP contribution is 2.21. The topological polar surface area (TPSA) is 104 Å².